The van der Waals surface area contributed by atoms with Crippen LogP contribution in [0, 0.1) is 0 Å². The molecule has 1 amide bonds. The summed E-state index contributed by atoms with van der Waals surface area (Å²) in [5.74, 6) is 1.68. The van der Waals surface area contributed by atoms with Crippen molar-refractivity contribution >= 4 is 44.9 Å². The Bertz CT molecular complexity index is 1060. The average molecular weight is 529 g/mol. The van der Waals surface area contributed by atoms with Gasteiger partial charge in [-0.05, 0) is 73.2 Å². The zero-order valence-corrected chi connectivity index (χ0v) is 20.6. The molecule has 3 aromatic rings. The van der Waals surface area contributed by atoms with E-state index < -0.39 is 0 Å². The van der Waals surface area contributed by atoms with Crippen molar-refractivity contribution in [2.75, 3.05) is 25.1 Å². The van der Waals surface area contributed by atoms with Crippen LogP contribution >= 0.6 is 28.1 Å². The van der Waals surface area contributed by atoms with Gasteiger partial charge in [-0.15, -0.1) is 0 Å². The van der Waals surface area contributed by atoms with Crippen LogP contribution in [0.15, 0.2) is 77.3 Å². The van der Waals surface area contributed by atoms with Crippen LogP contribution in [0.3, 0.4) is 0 Å². The molecular formula is C25H25BrN2O4S. The first-order valence-electron chi connectivity index (χ1n) is 10.5. The van der Waals surface area contributed by atoms with Gasteiger partial charge in [0.05, 0.1) is 12.2 Å². The summed E-state index contributed by atoms with van der Waals surface area (Å²) in [5, 5.41) is 5.88. The number of rotatable bonds is 10. The van der Waals surface area contributed by atoms with Crippen molar-refractivity contribution in [3.05, 3.63) is 82.8 Å². The van der Waals surface area contributed by atoms with Gasteiger partial charge in [-0.25, -0.2) is 0 Å². The van der Waals surface area contributed by atoms with Gasteiger partial charge in [0.15, 0.2) is 5.11 Å². The number of carbonyl (C=O) groups excluding carboxylic acids is 1. The molecule has 33 heavy (non-hydrogen) atoms. The molecule has 0 fully saturated rings. The molecule has 0 atom stereocenters. The topological polar surface area (TPSA) is 68.8 Å². The van der Waals surface area contributed by atoms with Crippen molar-refractivity contribution in [1.29, 1.82) is 0 Å². The summed E-state index contributed by atoms with van der Waals surface area (Å²) in [6.45, 7) is 3.40. The Morgan fingerprint density at radius 1 is 0.879 bits per heavy atom. The third-order valence-corrected chi connectivity index (χ3v) is 5.05. The molecule has 0 aromatic heterocycles. The number of benzene rings is 3. The number of hydrogen-bond acceptors (Lipinski definition) is 5. The molecule has 2 N–H and O–H groups in total. The first-order valence-corrected chi connectivity index (χ1v) is 11.7. The highest BCUT2D eigenvalue weighted by atomic mass is 79.9. The number of halogens is 1. The molecule has 0 radical (unpaired) electrons. The van der Waals surface area contributed by atoms with E-state index in [0.29, 0.717) is 36.9 Å². The molecule has 0 spiro atoms. The van der Waals surface area contributed by atoms with E-state index in [4.69, 9.17) is 26.4 Å². The first kappa shape index (κ1) is 24.5. The second-order valence-corrected chi connectivity index (χ2v) is 8.26. The largest absolute Gasteiger partial charge is 0.493 e. The Hall–Kier alpha value is -3.10. The molecule has 172 valence electrons. The zero-order valence-electron chi connectivity index (χ0n) is 18.2. The number of amides is 1. The highest BCUT2D eigenvalue weighted by Crippen LogP contribution is 2.23. The number of nitrogens with one attached hydrogen (secondary N) is 2. The molecular weight excluding hydrogens is 504 g/mol. The van der Waals surface area contributed by atoms with Gasteiger partial charge in [0.25, 0.3) is 5.91 Å². The molecule has 0 unspecified atom stereocenters. The fourth-order valence-electron chi connectivity index (χ4n) is 2.82. The van der Waals surface area contributed by atoms with Gasteiger partial charge < -0.3 is 19.5 Å². The summed E-state index contributed by atoms with van der Waals surface area (Å²) in [5.41, 5.74) is 1.13. The van der Waals surface area contributed by atoms with Gasteiger partial charge in [0.2, 0.25) is 0 Å². The quantitative estimate of drug-likeness (QED) is 0.255. The lowest BCUT2D eigenvalue weighted by Gasteiger charge is -2.13. The lowest BCUT2D eigenvalue weighted by atomic mass is 10.2. The Balaban J connectivity index is 1.47. The van der Waals surface area contributed by atoms with Crippen molar-refractivity contribution in [1.82, 2.24) is 5.32 Å². The maximum atomic E-state index is 12.7. The van der Waals surface area contributed by atoms with Gasteiger partial charge in [0.1, 0.15) is 30.5 Å². The van der Waals surface area contributed by atoms with E-state index in [1.807, 2.05) is 67.6 Å². The van der Waals surface area contributed by atoms with Crippen molar-refractivity contribution in [2.24, 2.45) is 0 Å². The van der Waals surface area contributed by atoms with Crippen molar-refractivity contribution in [3.8, 4) is 17.2 Å². The standard InChI is InChI=1S/C25H25BrN2O4S/c1-2-14-32-23-13-8-18(26)17-22(23)24(29)28-25(33)27-19-9-11-21(12-10-19)31-16-15-30-20-6-4-3-5-7-20/h3-13,17H,2,14-16H2,1H3,(H2,27,28,29,33). The predicted octanol–water partition coefficient (Wildman–Crippen LogP) is 5.82. The smallest absolute Gasteiger partial charge is 0.261 e. The highest BCUT2D eigenvalue weighted by Gasteiger charge is 2.15. The van der Waals surface area contributed by atoms with Crippen LogP contribution < -0.4 is 24.8 Å². The van der Waals surface area contributed by atoms with E-state index in [1.165, 1.54) is 0 Å². The lowest BCUT2D eigenvalue weighted by Crippen LogP contribution is -2.34. The second kappa shape index (κ2) is 12.8. The predicted molar refractivity (Wildman–Crippen MR) is 137 cm³/mol. The van der Waals surface area contributed by atoms with Crippen LogP contribution in [0.25, 0.3) is 0 Å². The monoisotopic (exact) mass is 528 g/mol. The normalized spacial score (nSPS) is 10.2. The van der Waals surface area contributed by atoms with Crippen molar-refractivity contribution in [2.45, 2.75) is 13.3 Å². The lowest BCUT2D eigenvalue weighted by molar-refractivity contribution is 0.0973. The van der Waals surface area contributed by atoms with Gasteiger partial charge in [0, 0.05) is 10.2 Å². The number of anilines is 1. The van der Waals surface area contributed by atoms with Crippen LogP contribution in [0.2, 0.25) is 0 Å². The zero-order chi connectivity index (χ0) is 23.5. The summed E-state index contributed by atoms with van der Waals surface area (Å²) in [6.07, 6.45) is 0.844. The third-order valence-electron chi connectivity index (χ3n) is 4.35. The van der Waals surface area contributed by atoms with Gasteiger partial charge in [-0.3, -0.25) is 10.1 Å². The molecule has 0 aliphatic carbocycles. The van der Waals surface area contributed by atoms with Gasteiger partial charge in [-0.1, -0.05) is 41.1 Å². The van der Waals surface area contributed by atoms with E-state index in [9.17, 15) is 4.79 Å². The SMILES string of the molecule is CCCOc1ccc(Br)cc1C(=O)NC(=S)Nc1ccc(OCCOc2ccccc2)cc1. The second-order valence-electron chi connectivity index (χ2n) is 6.93. The molecule has 0 aliphatic rings. The number of ether oxygens (including phenoxy) is 3. The van der Waals surface area contributed by atoms with E-state index in [-0.39, 0.29) is 11.0 Å². The highest BCUT2D eigenvalue weighted by molar-refractivity contribution is 9.10. The van der Waals surface area contributed by atoms with Crippen molar-refractivity contribution < 1.29 is 19.0 Å². The molecule has 6 nitrogen and oxygen atoms in total. The van der Waals surface area contributed by atoms with Crippen LogP contribution in [0.1, 0.15) is 23.7 Å². The molecule has 3 rings (SSSR count). The molecule has 8 heteroatoms. The van der Waals surface area contributed by atoms with E-state index in [2.05, 4.69) is 26.6 Å². The fourth-order valence-corrected chi connectivity index (χ4v) is 3.39. The Morgan fingerprint density at radius 2 is 1.55 bits per heavy atom. The van der Waals surface area contributed by atoms with Crippen molar-refractivity contribution in [3.63, 3.8) is 0 Å². The minimum Gasteiger partial charge on any atom is -0.493 e. The first-order chi connectivity index (χ1) is 16.0. The molecule has 0 bridgehead atoms. The van der Waals surface area contributed by atoms with E-state index in [0.717, 1.165) is 22.3 Å². The maximum Gasteiger partial charge on any atom is 0.261 e. The number of hydrogen-bond donors (Lipinski definition) is 2. The molecule has 0 aliphatic heterocycles. The van der Waals surface area contributed by atoms with Crippen LogP contribution in [-0.4, -0.2) is 30.8 Å². The number of carbonyl (C=O) groups is 1. The van der Waals surface area contributed by atoms with Gasteiger partial charge >= 0.3 is 0 Å². The summed E-state index contributed by atoms with van der Waals surface area (Å²) in [6, 6.07) is 22.2. The molecule has 0 saturated carbocycles. The van der Waals surface area contributed by atoms with E-state index >= 15 is 0 Å². The average Bonchev–Trinajstić information content (AvgIpc) is 2.82. The Labute approximate surface area is 207 Å². The minimum absolute atomic E-state index is 0.186. The van der Waals surface area contributed by atoms with Crippen LogP contribution in [-0.2, 0) is 0 Å². The summed E-state index contributed by atoms with van der Waals surface area (Å²) in [7, 11) is 0. The number of para-hydroxylation sites is 1. The molecule has 0 heterocycles. The number of thiocarbonyl (C=S) groups is 1. The van der Waals surface area contributed by atoms with Gasteiger partial charge in [-0.2, -0.15) is 0 Å². The Kier molecular flexibility index (Phi) is 9.53. The summed E-state index contributed by atoms with van der Waals surface area (Å²) < 4.78 is 17.8. The minimum atomic E-state index is -0.349. The van der Waals surface area contributed by atoms with Crippen LogP contribution in [0.5, 0.6) is 17.2 Å². The Morgan fingerprint density at radius 3 is 2.21 bits per heavy atom. The molecule has 0 saturated heterocycles. The maximum absolute atomic E-state index is 12.7. The fraction of sp³-hybridized carbons (Fsp3) is 0.200. The van der Waals surface area contributed by atoms with Crippen LogP contribution in [0.4, 0.5) is 5.69 Å². The molecule has 3 aromatic carbocycles. The summed E-state index contributed by atoms with van der Waals surface area (Å²) >= 11 is 8.69. The van der Waals surface area contributed by atoms with E-state index in [1.54, 1.807) is 12.1 Å². The third kappa shape index (κ3) is 8.07. The summed E-state index contributed by atoms with van der Waals surface area (Å²) in [4.78, 5) is 12.7.